The van der Waals surface area contributed by atoms with Crippen molar-refractivity contribution < 1.29 is 14.2 Å². The van der Waals surface area contributed by atoms with E-state index in [1.54, 1.807) is 7.11 Å². The summed E-state index contributed by atoms with van der Waals surface area (Å²) in [6.45, 7) is 3.61. The third-order valence-electron chi connectivity index (χ3n) is 2.55. The van der Waals surface area contributed by atoms with Crippen LogP contribution in [-0.4, -0.2) is 44.5 Å². The molecule has 0 aliphatic carbocycles. The van der Waals surface area contributed by atoms with E-state index in [4.69, 9.17) is 14.2 Å². The van der Waals surface area contributed by atoms with Crippen LogP contribution in [0.5, 0.6) is 5.88 Å². The quantitative estimate of drug-likeness (QED) is 0.814. The minimum absolute atomic E-state index is 0.148. The summed E-state index contributed by atoms with van der Waals surface area (Å²) in [5.74, 6) is 0.613. The number of pyridine rings is 1. The topological polar surface area (TPSA) is 52.6 Å². The van der Waals surface area contributed by atoms with Crippen LogP contribution in [0.4, 0.5) is 0 Å². The van der Waals surface area contributed by atoms with E-state index in [9.17, 15) is 0 Å². The summed E-state index contributed by atoms with van der Waals surface area (Å²) in [4.78, 5) is 4.27. The van der Waals surface area contributed by atoms with E-state index in [2.05, 4.69) is 10.3 Å². The molecule has 1 saturated heterocycles. The molecule has 1 atom stereocenters. The monoisotopic (exact) mass is 238 g/mol. The van der Waals surface area contributed by atoms with E-state index >= 15 is 0 Å². The Kier molecular flexibility index (Phi) is 4.73. The highest BCUT2D eigenvalue weighted by Gasteiger charge is 2.13. The molecule has 5 heteroatoms. The van der Waals surface area contributed by atoms with Gasteiger partial charge >= 0.3 is 0 Å². The number of hydrogen-bond donors (Lipinski definition) is 1. The first-order valence-electron chi connectivity index (χ1n) is 5.78. The third-order valence-corrected chi connectivity index (χ3v) is 2.55. The number of ether oxygens (including phenoxy) is 3. The van der Waals surface area contributed by atoms with Crippen molar-refractivity contribution in [3.63, 3.8) is 0 Å². The van der Waals surface area contributed by atoms with Crippen LogP contribution >= 0.6 is 0 Å². The minimum atomic E-state index is 0.148. The van der Waals surface area contributed by atoms with E-state index < -0.39 is 0 Å². The Morgan fingerprint density at radius 2 is 2.47 bits per heavy atom. The molecule has 17 heavy (non-hydrogen) atoms. The summed E-state index contributed by atoms with van der Waals surface area (Å²) in [5, 5.41) is 3.26. The Balaban J connectivity index is 1.73. The van der Waals surface area contributed by atoms with Gasteiger partial charge in [0, 0.05) is 19.2 Å². The molecular weight excluding hydrogens is 220 g/mol. The number of nitrogens with zero attached hydrogens (tertiary/aromatic N) is 1. The Bertz CT molecular complexity index is 340. The first kappa shape index (κ1) is 12.3. The van der Waals surface area contributed by atoms with Crippen molar-refractivity contribution in [3.05, 3.63) is 23.9 Å². The number of aromatic nitrogens is 1. The van der Waals surface area contributed by atoms with Crippen molar-refractivity contribution in [2.45, 2.75) is 12.7 Å². The SMILES string of the molecule is COc1cccc(COCC2CNCCO2)n1. The van der Waals surface area contributed by atoms with Gasteiger partial charge in [-0.15, -0.1) is 0 Å². The molecule has 1 aliphatic rings. The van der Waals surface area contributed by atoms with Crippen LogP contribution in [0, 0.1) is 0 Å². The second-order valence-electron chi connectivity index (χ2n) is 3.88. The standard InChI is InChI=1S/C12H18N2O3/c1-15-12-4-2-3-10(14-12)8-16-9-11-7-13-5-6-17-11/h2-4,11,13H,5-9H2,1H3. The molecule has 1 fully saturated rings. The van der Waals surface area contributed by atoms with Gasteiger partial charge in [-0.1, -0.05) is 6.07 Å². The van der Waals surface area contributed by atoms with Gasteiger partial charge in [0.2, 0.25) is 5.88 Å². The molecular formula is C12H18N2O3. The third kappa shape index (κ3) is 3.96. The summed E-state index contributed by atoms with van der Waals surface area (Å²) < 4.78 is 16.2. The summed E-state index contributed by atoms with van der Waals surface area (Å²) in [6, 6.07) is 5.64. The minimum Gasteiger partial charge on any atom is -0.481 e. The van der Waals surface area contributed by atoms with Crippen LogP contribution in [0.1, 0.15) is 5.69 Å². The predicted molar refractivity (Wildman–Crippen MR) is 63.1 cm³/mol. The van der Waals surface area contributed by atoms with Crippen LogP contribution in [0.15, 0.2) is 18.2 Å². The summed E-state index contributed by atoms with van der Waals surface area (Å²) in [7, 11) is 1.61. The van der Waals surface area contributed by atoms with Crippen LogP contribution in [0.3, 0.4) is 0 Å². The maximum Gasteiger partial charge on any atom is 0.213 e. The Morgan fingerprint density at radius 1 is 1.53 bits per heavy atom. The van der Waals surface area contributed by atoms with Crippen LogP contribution < -0.4 is 10.1 Å². The molecule has 1 unspecified atom stereocenters. The lowest BCUT2D eigenvalue weighted by Gasteiger charge is -2.23. The molecule has 1 aliphatic heterocycles. The van der Waals surface area contributed by atoms with Gasteiger partial charge in [-0.3, -0.25) is 0 Å². The molecule has 0 aromatic carbocycles. The van der Waals surface area contributed by atoms with Crippen LogP contribution in [0.2, 0.25) is 0 Å². The van der Waals surface area contributed by atoms with E-state index in [-0.39, 0.29) is 6.10 Å². The molecule has 0 spiro atoms. The molecule has 2 rings (SSSR count). The number of morpholine rings is 1. The van der Waals surface area contributed by atoms with Crippen molar-refractivity contribution in [1.82, 2.24) is 10.3 Å². The molecule has 5 nitrogen and oxygen atoms in total. The average Bonchev–Trinajstić information content (AvgIpc) is 2.40. The zero-order chi connectivity index (χ0) is 11.9. The van der Waals surface area contributed by atoms with Gasteiger partial charge in [-0.05, 0) is 6.07 Å². The molecule has 0 amide bonds. The van der Waals surface area contributed by atoms with Gasteiger partial charge in [0.15, 0.2) is 0 Å². The maximum atomic E-state index is 5.58. The van der Waals surface area contributed by atoms with Crippen molar-refractivity contribution in [2.75, 3.05) is 33.4 Å². The smallest absolute Gasteiger partial charge is 0.213 e. The van der Waals surface area contributed by atoms with Gasteiger partial charge < -0.3 is 19.5 Å². The fourth-order valence-electron chi connectivity index (χ4n) is 1.67. The highest BCUT2D eigenvalue weighted by Crippen LogP contribution is 2.08. The molecule has 1 aromatic heterocycles. The highest BCUT2D eigenvalue weighted by molar-refractivity contribution is 5.14. The molecule has 0 radical (unpaired) electrons. The summed E-state index contributed by atoms with van der Waals surface area (Å²) in [6.07, 6.45) is 0.148. The van der Waals surface area contributed by atoms with Crippen molar-refractivity contribution in [1.29, 1.82) is 0 Å². The Labute approximate surface area is 101 Å². The largest absolute Gasteiger partial charge is 0.481 e. The predicted octanol–water partition coefficient (Wildman–Crippen LogP) is 0.595. The van der Waals surface area contributed by atoms with Gasteiger partial charge in [0.25, 0.3) is 0 Å². The normalized spacial score (nSPS) is 20.2. The van der Waals surface area contributed by atoms with E-state index in [0.29, 0.717) is 19.1 Å². The lowest BCUT2D eigenvalue weighted by atomic mass is 10.3. The zero-order valence-corrected chi connectivity index (χ0v) is 10.0. The number of nitrogens with one attached hydrogen (secondary N) is 1. The van der Waals surface area contributed by atoms with Gasteiger partial charge in [0.1, 0.15) is 0 Å². The molecule has 2 heterocycles. The second kappa shape index (κ2) is 6.54. The lowest BCUT2D eigenvalue weighted by Crippen LogP contribution is -2.40. The van der Waals surface area contributed by atoms with Crippen molar-refractivity contribution >= 4 is 0 Å². The fourth-order valence-corrected chi connectivity index (χ4v) is 1.67. The molecule has 0 bridgehead atoms. The Hall–Kier alpha value is -1.17. The number of methoxy groups -OCH3 is 1. The zero-order valence-electron chi connectivity index (χ0n) is 10.0. The van der Waals surface area contributed by atoms with Crippen LogP contribution in [-0.2, 0) is 16.1 Å². The molecule has 94 valence electrons. The second-order valence-corrected chi connectivity index (χ2v) is 3.88. The van der Waals surface area contributed by atoms with Gasteiger partial charge in [-0.25, -0.2) is 4.98 Å². The van der Waals surface area contributed by atoms with Gasteiger partial charge in [-0.2, -0.15) is 0 Å². The molecule has 0 saturated carbocycles. The summed E-state index contributed by atoms with van der Waals surface area (Å²) >= 11 is 0. The highest BCUT2D eigenvalue weighted by atomic mass is 16.5. The average molecular weight is 238 g/mol. The van der Waals surface area contributed by atoms with Gasteiger partial charge in [0.05, 0.1) is 38.7 Å². The lowest BCUT2D eigenvalue weighted by molar-refractivity contribution is -0.0363. The first-order chi connectivity index (χ1) is 8.38. The van der Waals surface area contributed by atoms with E-state index in [0.717, 1.165) is 25.4 Å². The summed E-state index contributed by atoms with van der Waals surface area (Å²) in [5.41, 5.74) is 0.869. The van der Waals surface area contributed by atoms with E-state index in [1.165, 1.54) is 0 Å². The van der Waals surface area contributed by atoms with Crippen molar-refractivity contribution in [3.8, 4) is 5.88 Å². The number of rotatable bonds is 5. The number of hydrogen-bond acceptors (Lipinski definition) is 5. The van der Waals surface area contributed by atoms with Crippen molar-refractivity contribution in [2.24, 2.45) is 0 Å². The maximum absolute atomic E-state index is 5.58. The van der Waals surface area contributed by atoms with Crippen LogP contribution in [0.25, 0.3) is 0 Å². The Morgan fingerprint density at radius 3 is 3.24 bits per heavy atom. The molecule has 1 aromatic rings. The van der Waals surface area contributed by atoms with E-state index in [1.807, 2.05) is 18.2 Å². The first-order valence-corrected chi connectivity index (χ1v) is 5.78. The fraction of sp³-hybridized carbons (Fsp3) is 0.583. The molecule has 1 N–H and O–H groups in total.